The fourth-order valence-electron chi connectivity index (χ4n) is 1.99. The van der Waals surface area contributed by atoms with Crippen molar-refractivity contribution >= 4 is 5.97 Å². The predicted molar refractivity (Wildman–Crippen MR) is 75.4 cm³/mol. The van der Waals surface area contributed by atoms with Crippen LogP contribution >= 0.6 is 0 Å². The summed E-state index contributed by atoms with van der Waals surface area (Å²) in [7, 11) is 2.82. The lowest BCUT2D eigenvalue weighted by molar-refractivity contribution is -0.150. The van der Waals surface area contributed by atoms with Gasteiger partial charge in [0.15, 0.2) is 6.10 Å². The highest BCUT2D eigenvalue weighted by molar-refractivity contribution is 5.78. The van der Waals surface area contributed by atoms with Crippen molar-refractivity contribution in [2.24, 2.45) is 0 Å². The molecule has 0 aliphatic heterocycles. The average molecular weight is 272 g/mol. The highest BCUT2D eigenvalue weighted by Gasteiger charge is 2.19. The van der Waals surface area contributed by atoms with Gasteiger partial charge in [-0.25, -0.2) is 4.79 Å². The molecule has 0 amide bonds. The third kappa shape index (κ3) is 2.81. The number of aliphatic hydroxyl groups is 1. The normalized spacial score (nSPS) is 11.8. The van der Waals surface area contributed by atoms with Crippen molar-refractivity contribution in [3.8, 4) is 16.9 Å². The van der Waals surface area contributed by atoms with Gasteiger partial charge in [-0.05, 0) is 23.3 Å². The van der Waals surface area contributed by atoms with Crippen LogP contribution in [0.4, 0.5) is 0 Å². The van der Waals surface area contributed by atoms with E-state index >= 15 is 0 Å². The Morgan fingerprint density at radius 2 is 1.80 bits per heavy atom. The van der Waals surface area contributed by atoms with E-state index in [9.17, 15) is 9.90 Å². The summed E-state index contributed by atoms with van der Waals surface area (Å²) in [6, 6.07) is 14.7. The van der Waals surface area contributed by atoms with Crippen LogP contribution in [0.1, 0.15) is 11.7 Å². The SMILES string of the molecule is COC(=O)C(O)c1ccc(OC)c(-c2ccccc2)c1. The minimum Gasteiger partial charge on any atom is -0.496 e. The molecule has 2 aromatic rings. The summed E-state index contributed by atoms with van der Waals surface area (Å²) in [6.45, 7) is 0. The molecule has 1 unspecified atom stereocenters. The number of hydrogen-bond donors (Lipinski definition) is 1. The summed E-state index contributed by atoms with van der Waals surface area (Å²) < 4.78 is 9.87. The highest BCUT2D eigenvalue weighted by atomic mass is 16.5. The molecule has 0 aliphatic carbocycles. The lowest BCUT2D eigenvalue weighted by Crippen LogP contribution is -2.13. The van der Waals surface area contributed by atoms with Gasteiger partial charge in [0.2, 0.25) is 0 Å². The number of ether oxygens (including phenoxy) is 2. The van der Waals surface area contributed by atoms with Crippen LogP contribution in [0.5, 0.6) is 5.75 Å². The van der Waals surface area contributed by atoms with Crippen LogP contribution < -0.4 is 4.74 Å². The molecule has 2 aromatic carbocycles. The number of rotatable bonds is 4. The van der Waals surface area contributed by atoms with Crippen molar-refractivity contribution in [2.75, 3.05) is 14.2 Å². The van der Waals surface area contributed by atoms with Crippen LogP contribution in [0, 0.1) is 0 Å². The van der Waals surface area contributed by atoms with Gasteiger partial charge < -0.3 is 14.6 Å². The average Bonchev–Trinajstić information content (AvgIpc) is 2.53. The van der Waals surface area contributed by atoms with Gasteiger partial charge in [0.05, 0.1) is 14.2 Å². The number of carbonyl (C=O) groups is 1. The number of hydrogen-bond acceptors (Lipinski definition) is 4. The molecule has 0 saturated carbocycles. The predicted octanol–water partition coefficient (Wildman–Crippen LogP) is 2.57. The topological polar surface area (TPSA) is 55.8 Å². The van der Waals surface area contributed by atoms with E-state index in [1.165, 1.54) is 7.11 Å². The van der Waals surface area contributed by atoms with Gasteiger partial charge in [0.1, 0.15) is 5.75 Å². The Morgan fingerprint density at radius 1 is 1.10 bits per heavy atom. The van der Waals surface area contributed by atoms with Crippen molar-refractivity contribution in [3.63, 3.8) is 0 Å². The molecular weight excluding hydrogens is 256 g/mol. The Labute approximate surface area is 117 Å². The monoisotopic (exact) mass is 272 g/mol. The van der Waals surface area contributed by atoms with E-state index < -0.39 is 12.1 Å². The lowest BCUT2D eigenvalue weighted by atomic mass is 9.99. The second-order valence-corrected chi connectivity index (χ2v) is 4.25. The van der Waals surface area contributed by atoms with Crippen molar-refractivity contribution < 1.29 is 19.4 Å². The van der Waals surface area contributed by atoms with Gasteiger partial charge in [-0.2, -0.15) is 0 Å². The molecule has 104 valence electrons. The van der Waals surface area contributed by atoms with E-state index in [4.69, 9.17) is 4.74 Å². The molecular formula is C16H16O4. The molecule has 0 heterocycles. The fourth-order valence-corrected chi connectivity index (χ4v) is 1.99. The van der Waals surface area contributed by atoms with Crippen molar-refractivity contribution in [2.45, 2.75) is 6.10 Å². The first kappa shape index (κ1) is 14.1. The molecule has 0 radical (unpaired) electrons. The molecule has 0 bridgehead atoms. The van der Waals surface area contributed by atoms with Crippen LogP contribution in [0.2, 0.25) is 0 Å². The largest absolute Gasteiger partial charge is 0.496 e. The first-order valence-corrected chi connectivity index (χ1v) is 6.16. The van der Waals surface area contributed by atoms with Crippen LogP contribution in [0.25, 0.3) is 11.1 Å². The lowest BCUT2D eigenvalue weighted by Gasteiger charge is -2.13. The molecule has 4 nitrogen and oxygen atoms in total. The standard InChI is InChI=1S/C16H16O4/c1-19-14-9-8-12(15(17)16(18)20-2)10-13(14)11-6-4-3-5-7-11/h3-10,15,17H,1-2H3. The van der Waals surface area contributed by atoms with Gasteiger partial charge in [0.25, 0.3) is 0 Å². The van der Waals surface area contributed by atoms with Gasteiger partial charge in [-0.1, -0.05) is 36.4 Å². The fraction of sp³-hybridized carbons (Fsp3) is 0.188. The molecule has 2 rings (SSSR count). The van der Waals surface area contributed by atoms with Crippen LogP contribution in [-0.4, -0.2) is 25.3 Å². The first-order chi connectivity index (χ1) is 9.67. The smallest absolute Gasteiger partial charge is 0.339 e. The first-order valence-electron chi connectivity index (χ1n) is 6.16. The summed E-state index contributed by atoms with van der Waals surface area (Å²) in [6.07, 6.45) is -1.30. The van der Waals surface area contributed by atoms with E-state index in [1.54, 1.807) is 25.3 Å². The Hall–Kier alpha value is -2.33. The number of methoxy groups -OCH3 is 2. The quantitative estimate of drug-likeness (QED) is 0.869. The zero-order chi connectivity index (χ0) is 14.5. The molecule has 0 fully saturated rings. The van der Waals surface area contributed by atoms with E-state index in [-0.39, 0.29) is 0 Å². The minimum absolute atomic E-state index is 0.469. The molecule has 20 heavy (non-hydrogen) atoms. The zero-order valence-corrected chi connectivity index (χ0v) is 11.4. The Balaban J connectivity index is 2.47. The van der Waals surface area contributed by atoms with Crippen LogP contribution in [0.15, 0.2) is 48.5 Å². The van der Waals surface area contributed by atoms with Crippen LogP contribution in [0.3, 0.4) is 0 Å². The van der Waals surface area contributed by atoms with Gasteiger partial charge in [-0.3, -0.25) is 0 Å². The zero-order valence-electron chi connectivity index (χ0n) is 11.4. The molecule has 0 aromatic heterocycles. The minimum atomic E-state index is -1.30. The molecule has 4 heteroatoms. The number of esters is 1. The summed E-state index contributed by atoms with van der Waals surface area (Å²) in [5.74, 6) is -0.00815. The summed E-state index contributed by atoms with van der Waals surface area (Å²) in [5, 5.41) is 9.91. The Bertz CT molecular complexity index is 593. The highest BCUT2D eigenvalue weighted by Crippen LogP contribution is 2.32. The molecule has 0 spiro atoms. The molecule has 1 N–H and O–H groups in total. The summed E-state index contributed by atoms with van der Waals surface area (Å²) >= 11 is 0. The number of benzene rings is 2. The maximum absolute atomic E-state index is 11.4. The maximum Gasteiger partial charge on any atom is 0.339 e. The maximum atomic E-state index is 11.4. The van der Waals surface area contributed by atoms with Crippen LogP contribution in [-0.2, 0) is 9.53 Å². The Kier molecular flexibility index (Phi) is 4.38. The summed E-state index contributed by atoms with van der Waals surface area (Å²) in [4.78, 5) is 11.4. The van der Waals surface area contributed by atoms with Gasteiger partial charge in [0, 0.05) is 5.56 Å². The molecule has 0 aliphatic rings. The van der Waals surface area contributed by atoms with Crippen molar-refractivity contribution in [1.29, 1.82) is 0 Å². The van der Waals surface area contributed by atoms with Crippen molar-refractivity contribution in [3.05, 3.63) is 54.1 Å². The third-order valence-electron chi connectivity index (χ3n) is 3.05. The Morgan fingerprint density at radius 3 is 2.40 bits per heavy atom. The number of carbonyl (C=O) groups excluding carboxylic acids is 1. The van der Waals surface area contributed by atoms with Crippen molar-refractivity contribution in [1.82, 2.24) is 0 Å². The second-order valence-electron chi connectivity index (χ2n) is 4.25. The van der Waals surface area contributed by atoms with Gasteiger partial charge in [-0.15, -0.1) is 0 Å². The van der Waals surface area contributed by atoms with Gasteiger partial charge >= 0.3 is 5.97 Å². The molecule has 1 atom stereocenters. The third-order valence-corrected chi connectivity index (χ3v) is 3.05. The van der Waals surface area contributed by atoms with E-state index in [1.807, 2.05) is 30.3 Å². The molecule has 0 saturated heterocycles. The summed E-state index contributed by atoms with van der Waals surface area (Å²) in [5.41, 5.74) is 2.23. The second kappa shape index (κ2) is 6.21. The van der Waals surface area contributed by atoms with E-state index in [2.05, 4.69) is 4.74 Å². The van der Waals surface area contributed by atoms with E-state index in [0.29, 0.717) is 11.3 Å². The number of aliphatic hydroxyl groups excluding tert-OH is 1. The van der Waals surface area contributed by atoms with E-state index in [0.717, 1.165) is 11.1 Å².